The molecule has 1 aromatic rings. The van der Waals surface area contributed by atoms with Crippen molar-refractivity contribution in [1.82, 2.24) is 0 Å². The second-order valence-electron chi connectivity index (χ2n) is 2.84. The molecule has 0 spiro atoms. The monoisotopic (exact) mass is 181 g/mol. The first-order valence-electron chi connectivity index (χ1n) is 3.89. The van der Waals surface area contributed by atoms with Crippen LogP contribution in [0.15, 0.2) is 18.2 Å². The van der Waals surface area contributed by atoms with Crippen LogP contribution in [-0.4, -0.2) is 0 Å². The van der Waals surface area contributed by atoms with Crippen molar-refractivity contribution in [3.05, 3.63) is 34.9 Å². The summed E-state index contributed by atoms with van der Waals surface area (Å²) in [5, 5.41) is 8.42. The lowest BCUT2D eigenvalue weighted by molar-refractivity contribution is 0.150. The molecule has 0 fully saturated rings. The highest BCUT2D eigenvalue weighted by Crippen LogP contribution is 2.23. The van der Waals surface area contributed by atoms with Crippen LogP contribution in [0.4, 0.5) is 8.78 Å². The summed E-state index contributed by atoms with van der Waals surface area (Å²) >= 11 is 0. The number of nitriles is 1. The van der Waals surface area contributed by atoms with Crippen LogP contribution >= 0.6 is 0 Å². The molecule has 68 valence electrons. The number of halogens is 2. The van der Waals surface area contributed by atoms with Gasteiger partial charge < -0.3 is 0 Å². The summed E-state index contributed by atoms with van der Waals surface area (Å²) in [6.45, 7) is 1.82. The van der Waals surface area contributed by atoms with E-state index < -0.39 is 6.43 Å². The Kier molecular flexibility index (Phi) is 2.97. The van der Waals surface area contributed by atoms with Crippen molar-refractivity contribution >= 4 is 0 Å². The van der Waals surface area contributed by atoms with E-state index >= 15 is 0 Å². The van der Waals surface area contributed by atoms with Gasteiger partial charge in [0, 0.05) is 5.56 Å². The number of nitrogens with zero attached hydrogens (tertiary/aromatic N) is 1. The molecule has 0 radical (unpaired) electrons. The molecule has 3 heteroatoms. The summed E-state index contributed by atoms with van der Waals surface area (Å²) in [6.07, 6.45) is -2.45. The summed E-state index contributed by atoms with van der Waals surface area (Å²) in [5.41, 5.74) is 1.29. The third-order valence-corrected chi connectivity index (χ3v) is 1.80. The first-order chi connectivity index (χ1) is 6.15. The molecule has 0 bridgehead atoms. The largest absolute Gasteiger partial charge is 0.264 e. The van der Waals surface area contributed by atoms with Gasteiger partial charge >= 0.3 is 0 Å². The zero-order chi connectivity index (χ0) is 9.84. The van der Waals surface area contributed by atoms with Crippen molar-refractivity contribution in [3.63, 3.8) is 0 Å². The SMILES string of the molecule is Cc1ccc(C(F)F)c(CC#N)c1. The number of hydrogen-bond donors (Lipinski definition) is 0. The predicted octanol–water partition coefficient (Wildman–Crippen LogP) is 3.00. The fourth-order valence-corrected chi connectivity index (χ4v) is 1.19. The third-order valence-electron chi connectivity index (χ3n) is 1.80. The first-order valence-corrected chi connectivity index (χ1v) is 3.89. The van der Waals surface area contributed by atoms with Crippen LogP contribution in [0.2, 0.25) is 0 Å². The maximum Gasteiger partial charge on any atom is 0.264 e. The summed E-state index contributed by atoms with van der Waals surface area (Å²) in [5.74, 6) is 0. The van der Waals surface area contributed by atoms with Crippen molar-refractivity contribution in [3.8, 4) is 6.07 Å². The Labute approximate surface area is 75.6 Å². The molecule has 0 aromatic heterocycles. The number of aryl methyl sites for hydroxylation is 1. The molecule has 1 rings (SSSR count). The summed E-state index contributed by atoms with van der Waals surface area (Å²) in [6, 6.07) is 6.51. The fraction of sp³-hybridized carbons (Fsp3) is 0.300. The number of benzene rings is 1. The van der Waals surface area contributed by atoms with Crippen molar-refractivity contribution in [2.75, 3.05) is 0 Å². The van der Waals surface area contributed by atoms with E-state index in [0.717, 1.165) is 5.56 Å². The molecule has 0 aliphatic rings. The summed E-state index contributed by atoms with van der Waals surface area (Å²) in [7, 11) is 0. The molecule has 0 heterocycles. The maximum absolute atomic E-state index is 12.4. The van der Waals surface area contributed by atoms with E-state index in [1.54, 1.807) is 12.1 Å². The van der Waals surface area contributed by atoms with Crippen molar-refractivity contribution in [1.29, 1.82) is 5.26 Å². The minimum atomic E-state index is -2.50. The standard InChI is InChI=1S/C10H9F2N/c1-7-2-3-9(10(11)12)8(6-7)4-5-13/h2-3,6,10H,4H2,1H3. The van der Waals surface area contributed by atoms with E-state index in [0.29, 0.717) is 5.56 Å². The van der Waals surface area contributed by atoms with E-state index in [-0.39, 0.29) is 12.0 Å². The second-order valence-corrected chi connectivity index (χ2v) is 2.84. The van der Waals surface area contributed by atoms with Gasteiger partial charge in [0.25, 0.3) is 6.43 Å². The Morgan fingerprint density at radius 1 is 1.46 bits per heavy atom. The van der Waals surface area contributed by atoms with E-state index in [4.69, 9.17) is 5.26 Å². The van der Waals surface area contributed by atoms with Gasteiger partial charge in [0.2, 0.25) is 0 Å². The van der Waals surface area contributed by atoms with Gasteiger partial charge in [-0.25, -0.2) is 8.78 Å². The minimum absolute atomic E-state index is 0.0350. The molecular weight excluding hydrogens is 172 g/mol. The van der Waals surface area contributed by atoms with Gasteiger partial charge in [-0.1, -0.05) is 23.8 Å². The van der Waals surface area contributed by atoms with Gasteiger partial charge in [0.05, 0.1) is 12.5 Å². The van der Waals surface area contributed by atoms with E-state index in [2.05, 4.69) is 0 Å². The maximum atomic E-state index is 12.4. The molecule has 0 unspecified atom stereocenters. The molecule has 0 aliphatic carbocycles. The molecule has 0 saturated heterocycles. The van der Waals surface area contributed by atoms with Crippen molar-refractivity contribution in [2.24, 2.45) is 0 Å². The normalized spacial score (nSPS) is 10.1. The van der Waals surface area contributed by atoms with E-state index in [9.17, 15) is 8.78 Å². The smallest absolute Gasteiger partial charge is 0.205 e. The van der Waals surface area contributed by atoms with E-state index in [1.165, 1.54) is 6.07 Å². The third kappa shape index (κ3) is 2.25. The van der Waals surface area contributed by atoms with Gasteiger partial charge in [-0.15, -0.1) is 0 Å². The zero-order valence-electron chi connectivity index (χ0n) is 7.22. The van der Waals surface area contributed by atoms with Gasteiger partial charge in [0.1, 0.15) is 0 Å². The quantitative estimate of drug-likeness (QED) is 0.688. The van der Waals surface area contributed by atoms with Gasteiger partial charge in [-0.2, -0.15) is 5.26 Å². The number of rotatable bonds is 2. The Hall–Kier alpha value is -1.43. The Morgan fingerprint density at radius 3 is 2.69 bits per heavy atom. The molecule has 0 aliphatic heterocycles. The molecule has 1 aromatic carbocycles. The Bertz CT molecular complexity index is 339. The van der Waals surface area contributed by atoms with Crippen LogP contribution in [0, 0.1) is 18.3 Å². The molecular formula is C10H9F2N. The van der Waals surface area contributed by atoms with Crippen molar-refractivity contribution < 1.29 is 8.78 Å². The number of hydrogen-bond acceptors (Lipinski definition) is 1. The fourth-order valence-electron chi connectivity index (χ4n) is 1.19. The van der Waals surface area contributed by atoms with Crippen LogP contribution in [0.5, 0.6) is 0 Å². The van der Waals surface area contributed by atoms with Crippen LogP contribution in [0.1, 0.15) is 23.1 Å². The first kappa shape index (κ1) is 9.66. The van der Waals surface area contributed by atoms with Crippen LogP contribution in [0.3, 0.4) is 0 Å². The molecule has 1 nitrogen and oxygen atoms in total. The molecule has 13 heavy (non-hydrogen) atoms. The average Bonchev–Trinajstić information content (AvgIpc) is 2.04. The molecule has 0 saturated carbocycles. The summed E-state index contributed by atoms with van der Waals surface area (Å²) in [4.78, 5) is 0. The zero-order valence-corrected chi connectivity index (χ0v) is 7.22. The molecule has 0 N–H and O–H groups in total. The number of alkyl halides is 2. The lowest BCUT2D eigenvalue weighted by Crippen LogP contribution is -1.94. The predicted molar refractivity (Wildman–Crippen MR) is 45.5 cm³/mol. The van der Waals surface area contributed by atoms with Gasteiger partial charge in [-0.05, 0) is 12.5 Å². The van der Waals surface area contributed by atoms with Gasteiger partial charge in [-0.3, -0.25) is 0 Å². The van der Waals surface area contributed by atoms with Gasteiger partial charge in [0.15, 0.2) is 0 Å². The second kappa shape index (κ2) is 3.99. The minimum Gasteiger partial charge on any atom is -0.205 e. The van der Waals surface area contributed by atoms with Crippen LogP contribution in [-0.2, 0) is 6.42 Å². The highest BCUT2D eigenvalue weighted by molar-refractivity contribution is 5.34. The molecule has 0 atom stereocenters. The molecule has 0 amide bonds. The Morgan fingerprint density at radius 2 is 2.15 bits per heavy atom. The van der Waals surface area contributed by atoms with Crippen LogP contribution < -0.4 is 0 Å². The highest BCUT2D eigenvalue weighted by atomic mass is 19.3. The van der Waals surface area contributed by atoms with Crippen LogP contribution in [0.25, 0.3) is 0 Å². The van der Waals surface area contributed by atoms with Crippen molar-refractivity contribution in [2.45, 2.75) is 19.8 Å². The summed E-state index contributed by atoms with van der Waals surface area (Å²) < 4.78 is 24.7. The topological polar surface area (TPSA) is 23.8 Å². The average molecular weight is 181 g/mol. The highest BCUT2D eigenvalue weighted by Gasteiger charge is 2.11. The lowest BCUT2D eigenvalue weighted by Gasteiger charge is -2.06. The lowest BCUT2D eigenvalue weighted by atomic mass is 10.0. The Balaban J connectivity index is 3.12. The van der Waals surface area contributed by atoms with E-state index in [1.807, 2.05) is 13.0 Å².